The number of nitrogens with zero attached hydrogens (tertiary/aromatic N) is 1. The van der Waals surface area contributed by atoms with E-state index < -0.39 is 27.7 Å². The van der Waals surface area contributed by atoms with Crippen LogP contribution in [0.2, 0.25) is 0 Å². The maximum atomic E-state index is 12.4. The lowest BCUT2D eigenvalue weighted by Gasteiger charge is -2.17. The predicted octanol–water partition coefficient (Wildman–Crippen LogP) is 0.251. The Hall–Kier alpha value is -1.39. The molecule has 0 radical (unpaired) electrons. The highest BCUT2D eigenvalue weighted by atomic mass is 79.9. The van der Waals surface area contributed by atoms with E-state index in [1.807, 2.05) is 0 Å². The number of rotatable bonds is 3. The zero-order chi connectivity index (χ0) is 14.9. The molecule has 2 heterocycles. The summed E-state index contributed by atoms with van der Waals surface area (Å²) in [4.78, 5) is 21.9. The van der Waals surface area contributed by atoms with Gasteiger partial charge in [-0.3, -0.25) is 4.79 Å². The monoisotopic (exact) mass is 366 g/mol. The molecule has 0 spiro atoms. The third-order valence-corrected chi connectivity index (χ3v) is 5.41. The Morgan fingerprint density at radius 1 is 1.50 bits per heavy atom. The smallest absolute Gasteiger partial charge is 0.371 e. The molecule has 0 saturated carbocycles. The number of hydrogen-bond donors (Lipinski definition) is 2. The molecule has 20 heavy (non-hydrogen) atoms. The van der Waals surface area contributed by atoms with Crippen molar-refractivity contribution < 1.29 is 27.5 Å². The fraction of sp³-hybridized carbons (Fsp3) is 0.400. The highest BCUT2D eigenvalue weighted by Crippen LogP contribution is 2.29. The van der Waals surface area contributed by atoms with Gasteiger partial charge in [0.25, 0.3) is 0 Å². The molecule has 1 aromatic heterocycles. The van der Waals surface area contributed by atoms with Gasteiger partial charge in [0.15, 0.2) is 4.67 Å². The van der Waals surface area contributed by atoms with Crippen LogP contribution in [0.4, 0.5) is 0 Å². The van der Waals surface area contributed by atoms with Gasteiger partial charge in [0, 0.05) is 19.2 Å². The minimum Gasteiger partial charge on any atom is -0.475 e. The van der Waals surface area contributed by atoms with Crippen molar-refractivity contribution in [3.05, 3.63) is 16.5 Å². The van der Waals surface area contributed by atoms with Crippen molar-refractivity contribution >= 4 is 37.8 Å². The molecular weight excluding hydrogens is 356 g/mol. The first-order chi connectivity index (χ1) is 9.32. The molecule has 110 valence electrons. The number of nitrogens with one attached hydrogen (secondary N) is 1. The average Bonchev–Trinajstić information content (AvgIpc) is 2.62. The summed E-state index contributed by atoms with van der Waals surface area (Å²) in [7, 11) is -3.99. The van der Waals surface area contributed by atoms with Crippen LogP contribution in [0, 0.1) is 0 Å². The van der Waals surface area contributed by atoms with Crippen LogP contribution in [-0.4, -0.2) is 49.3 Å². The summed E-state index contributed by atoms with van der Waals surface area (Å²) in [5.41, 5.74) is 0. The van der Waals surface area contributed by atoms with Crippen molar-refractivity contribution in [3.63, 3.8) is 0 Å². The molecule has 1 aliphatic rings. The van der Waals surface area contributed by atoms with Crippen LogP contribution >= 0.6 is 15.9 Å². The lowest BCUT2D eigenvalue weighted by atomic mass is 10.4. The summed E-state index contributed by atoms with van der Waals surface area (Å²) in [5.74, 6) is -2.26. The SMILES string of the molecule is O=C1CN(S(=O)(=O)c2cc(C(=O)O)oc2Br)CCCN1. The average molecular weight is 367 g/mol. The Morgan fingerprint density at radius 3 is 2.80 bits per heavy atom. The summed E-state index contributed by atoms with van der Waals surface area (Å²) >= 11 is 2.89. The summed E-state index contributed by atoms with van der Waals surface area (Å²) in [6.07, 6.45) is 0.478. The molecule has 0 atom stereocenters. The minimum atomic E-state index is -3.99. The zero-order valence-corrected chi connectivity index (χ0v) is 12.5. The Morgan fingerprint density at radius 2 is 2.20 bits per heavy atom. The number of halogens is 1. The van der Waals surface area contributed by atoms with Crippen LogP contribution < -0.4 is 5.32 Å². The molecule has 0 bridgehead atoms. The number of carboxylic acids is 1. The molecule has 1 fully saturated rings. The Kier molecular flexibility index (Phi) is 4.16. The minimum absolute atomic E-state index is 0.168. The number of hydrogen-bond acceptors (Lipinski definition) is 5. The molecule has 10 heteroatoms. The number of carbonyl (C=O) groups excluding carboxylic acids is 1. The van der Waals surface area contributed by atoms with Crippen LogP contribution in [0.25, 0.3) is 0 Å². The Balaban J connectivity index is 2.38. The van der Waals surface area contributed by atoms with Gasteiger partial charge in [-0.15, -0.1) is 0 Å². The van der Waals surface area contributed by atoms with Crippen LogP contribution in [0.5, 0.6) is 0 Å². The number of aromatic carboxylic acids is 1. The molecular formula is C10H11BrN2O6S. The second-order valence-electron chi connectivity index (χ2n) is 4.10. The highest BCUT2D eigenvalue weighted by Gasteiger charge is 2.32. The van der Waals surface area contributed by atoms with E-state index in [4.69, 9.17) is 9.52 Å². The van der Waals surface area contributed by atoms with E-state index >= 15 is 0 Å². The first-order valence-corrected chi connectivity index (χ1v) is 7.85. The maximum absolute atomic E-state index is 12.4. The van der Waals surface area contributed by atoms with Gasteiger partial charge in [0.2, 0.25) is 21.7 Å². The van der Waals surface area contributed by atoms with Crippen molar-refractivity contribution in [3.8, 4) is 0 Å². The molecule has 0 aliphatic carbocycles. The van der Waals surface area contributed by atoms with Crippen LogP contribution in [0.1, 0.15) is 17.0 Å². The standard InChI is InChI=1S/C10H11BrN2O6S/c11-9-7(4-6(19-9)10(15)16)20(17,18)13-3-1-2-12-8(14)5-13/h4H,1-3,5H2,(H,12,14)(H,15,16). The molecule has 0 aromatic carbocycles. The number of sulfonamides is 1. The Bertz CT molecular complexity index is 653. The molecule has 2 rings (SSSR count). The van der Waals surface area contributed by atoms with E-state index in [9.17, 15) is 18.0 Å². The quantitative estimate of drug-likeness (QED) is 0.791. The summed E-state index contributed by atoms with van der Waals surface area (Å²) < 4.78 is 30.4. The lowest BCUT2D eigenvalue weighted by molar-refractivity contribution is -0.120. The molecule has 1 aliphatic heterocycles. The van der Waals surface area contributed by atoms with E-state index in [-0.39, 0.29) is 22.7 Å². The normalized spacial score (nSPS) is 17.6. The van der Waals surface area contributed by atoms with E-state index in [1.165, 1.54) is 0 Å². The molecule has 1 amide bonds. The first-order valence-electron chi connectivity index (χ1n) is 5.62. The first kappa shape index (κ1) is 15.0. The Labute approximate surface area is 122 Å². The van der Waals surface area contributed by atoms with Gasteiger partial charge in [-0.2, -0.15) is 4.31 Å². The third kappa shape index (κ3) is 2.86. The number of amides is 1. The van der Waals surface area contributed by atoms with Gasteiger partial charge in [0.05, 0.1) is 6.54 Å². The van der Waals surface area contributed by atoms with Gasteiger partial charge in [-0.05, 0) is 22.4 Å². The van der Waals surface area contributed by atoms with Crippen LogP contribution in [0.15, 0.2) is 20.0 Å². The van der Waals surface area contributed by atoms with Gasteiger partial charge in [0.1, 0.15) is 4.90 Å². The molecule has 2 N–H and O–H groups in total. The second kappa shape index (κ2) is 5.54. The van der Waals surface area contributed by atoms with Crippen molar-refractivity contribution in [1.29, 1.82) is 0 Å². The lowest BCUT2D eigenvalue weighted by Crippen LogP contribution is -2.37. The van der Waals surface area contributed by atoms with Gasteiger partial charge in [-0.1, -0.05) is 0 Å². The van der Waals surface area contributed by atoms with E-state index in [2.05, 4.69) is 21.2 Å². The van der Waals surface area contributed by atoms with Gasteiger partial charge < -0.3 is 14.8 Å². The summed E-state index contributed by atoms with van der Waals surface area (Å²) in [6.45, 7) is 0.265. The van der Waals surface area contributed by atoms with E-state index in [0.29, 0.717) is 13.0 Å². The highest BCUT2D eigenvalue weighted by molar-refractivity contribution is 9.10. The molecule has 0 unspecified atom stereocenters. The van der Waals surface area contributed by atoms with Crippen LogP contribution in [-0.2, 0) is 14.8 Å². The summed E-state index contributed by atoms with van der Waals surface area (Å²) in [6, 6.07) is 0.921. The van der Waals surface area contributed by atoms with E-state index in [1.54, 1.807) is 0 Å². The second-order valence-corrected chi connectivity index (χ2v) is 6.72. The maximum Gasteiger partial charge on any atom is 0.371 e. The van der Waals surface area contributed by atoms with Gasteiger partial charge >= 0.3 is 5.97 Å². The molecule has 1 aromatic rings. The van der Waals surface area contributed by atoms with Gasteiger partial charge in [-0.25, -0.2) is 13.2 Å². The van der Waals surface area contributed by atoms with Crippen molar-refractivity contribution in [1.82, 2.24) is 9.62 Å². The van der Waals surface area contributed by atoms with Crippen LogP contribution in [0.3, 0.4) is 0 Å². The molecule has 8 nitrogen and oxygen atoms in total. The van der Waals surface area contributed by atoms with Crippen molar-refractivity contribution in [2.45, 2.75) is 11.3 Å². The van der Waals surface area contributed by atoms with E-state index in [0.717, 1.165) is 10.4 Å². The van der Waals surface area contributed by atoms with Crippen molar-refractivity contribution in [2.75, 3.05) is 19.6 Å². The fourth-order valence-electron chi connectivity index (χ4n) is 1.76. The topological polar surface area (TPSA) is 117 Å². The number of carbonyl (C=O) groups is 2. The third-order valence-electron chi connectivity index (χ3n) is 2.71. The fourth-order valence-corrected chi connectivity index (χ4v) is 4.09. The predicted molar refractivity (Wildman–Crippen MR) is 69.8 cm³/mol. The summed E-state index contributed by atoms with van der Waals surface area (Å²) in [5, 5.41) is 11.4. The number of carboxylic acid groups (broad SMARTS) is 1. The largest absolute Gasteiger partial charge is 0.475 e. The zero-order valence-electron chi connectivity index (χ0n) is 10.1. The number of furan rings is 1. The van der Waals surface area contributed by atoms with Crippen molar-refractivity contribution in [2.24, 2.45) is 0 Å². The molecule has 1 saturated heterocycles.